The molecule has 8 heteroatoms. The summed E-state index contributed by atoms with van der Waals surface area (Å²) in [5, 5.41) is 21.6. The molecule has 19 heavy (non-hydrogen) atoms. The summed E-state index contributed by atoms with van der Waals surface area (Å²) in [6.45, 7) is 1.31. The molecule has 0 aliphatic heterocycles. The molecule has 0 bridgehead atoms. The molecule has 0 aromatic heterocycles. The highest BCUT2D eigenvalue weighted by atomic mass is 16.6. The number of rotatable bonds is 5. The number of methoxy groups -OCH3 is 1. The molecule has 0 saturated heterocycles. The van der Waals surface area contributed by atoms with Gasteiger partial charge in [-0.3, -0.25) is 19.7 Å². The number of amides is 1. The van der Waals surface area contributed by atoms with Crippen molar-refractivity contribution in [3.05, 3.63) is 33.9 Å². The Bertz CT molecular complexity index is 528. The summed E-state index contributed by atoms with van der Waals surface area (Å²) in [6.07, 6.45) is 0. The molecule has 1 atom stereocenters. The zero-order chi connectivity index (χ0) is 14.6. The molecule has 2 N–H and O–H groups in total. The van der Waals surface area contributed by atoms with Gasteiger partial charge in [0.05, 0.1) is 12.0 Å². The Hall–Kier alpha value is -2.64. The van der Waals surface area contributed by atoms with Crippen LogP contribution >= 0.6 is 0 Å². The molecule has 0 heterocycles. The first kappa shape index (κ1) is 14.4. The minimum Gasteiger partial charge on any atom is -0.490 e. The van der Waals surface area contributed by atoms with Crippen LogP contribution in [0.25, 0.3) is 0 Å². The molecule has 0 spiro atoms. The summed E-state index contributed by atoms with van der Waals surface area (Å²) in [5.41, 5.74) is -0.194. The van der Waals surface area contributed by atoms with Gasteiger partial charge in [0.2, 0.25) is 0 Å². The van der Waals surface area contributed by atoms with E-state index in [4.69, 9.17) is 9.84 Å². The van der Waals surface area contributed by atoms with Gasteiger partial charge >= 0.3 is 11.7 Å². The Morgan fingerprint density at radius 3 is 2.58 bits per heavy atom. The lowest BCUT2D eigenvalue weighted by Crippen LogP contribution is -2.38. The van der Waals surface area contributed by atoms with E-state index in [1.807, 2.05) is 0 Å². The number of carbonyl (C=O) groups is 2. The van der Waals surface area contributed by atoms with E-state index < -0.39 is 22.8 Å². The van der Waals surface area contributed by atoms with Crippen molar-refractivity contribution in [3.63, 3.8) is 0 Å². The number of hydrogen-bond acceptors (Lipinski definition) is 5. The first-order valence-electron chi connectivity index (χ1n) is 5.23. The summed E-state index contributed by atoms with van der Waals surface area (Å²) in [6, 6.07) is 2.47. The number of nitrogens with one attached hydrogen (secondary N) is 1. The zero-order valence-electron chi connectivity index (χ0n) is 10.2. The standard InChI is InChI=1S/C11H12N2O6/c1-6(11(15)16)12-10(14)7-3-4-8(13(17)18)9(5-7)19-2/h3-6H,1-2H3,(H,12,14)(H,15,16)/t6-/m0/s1. The van der Waals surface area contributed by atoms with Gasteiger partial charge in [0.15, 0.2) is 5.75 Å². The number of carboxylic acids is 1. The Balaban J connectivity index is 2.99. The van der Waals surface area contributed by atoms with Crippen LogP contribution in [0.3, 0.4) is 0 Å². The van der Waals surface area contributed by atoms with Crippen molar-refractivity contribution in [1.82, 2.24) is 5.32 Å². The second kappa shape index (κ2) is 5.80. The number of ether oxygens (including phenoxy) is 1. The molecule has 1 rings (SSSR count). The smallest absolute Gasteiger partial charge is 0.325 e. The highest BCUT2D eigenvalue weighted by Gasteiger charge is 2.19. The second-order valence-corrected chi connectivity index (χ2v) is 3.68. The quantitative estimate of drug-likeness (QED) is 0.602. The summed E-state index contributed by atoms with van der Waals surface area (Å²) in [4.78, 5) is 32.4. The zero-order valence-corrected chi connectivity index (χ0v) is 10.2. The first-order valence-corrected chi connectivity index (χ1v) is 5.23. The molecule has 1 aromatic carbocycles. The molecule has 0 radical (unpaired) electrons. The van der Waals surface area contributed by atoms with Crippen LogP contribution < -0.4 is 10.1 Å². The Labute approximate surface area is 108 Å². The topological polar surface area (TPSA) is 119 Å². The number of hydrogen-bond donors (Lipinski definition) is 2. The average Bonchev–Trinajstić information content (AvgIpc) is 2.37. The van der Waals surface area contributed by atoms with Gasteiger partial charge in [-0.2, -0.15) is 0 Å². The fourth-order valence-electron chi connectivity index (χ4n) is 1.31. The second-order valence-electron chi connectivity index (χ2n) is 3.68. The molecular formula is C11H12N2O6. The number of carboxylic acid groups (broad SMARTS) is 1. The van der Waals surface area contributed by atoms with E-state index in [0.717, 1.165) is 6.07 Å². The van der Waals surface area contributed by atoms with Crippen LogP contribution in [0.1, 0.15) is 17.3 Å². The average molecular weight is 268 g/mol. The molecule has 0 fully saturated rings. The van der Waals surface area contributed by atoms with Crippen LogP contribution in [-0.2, 0) is 4.79 Å². The molecule has 1 aromatic rings. The monoisotopic (exact) mass is 268 g/mol. The molecule has 0 saturated carbocycles. The highest BCUT2D eigenvalue weighted by molar-refractivity contribution is 5.97. The third-order valence-corrected chi connectivity index (χ3v) is 2.36. The number of nitrogens with zero attached hydrogens (tertiary/aromatic N) is 1. The van der Waals surface area contributed by atoms with Crippen molar-refractivity contribution < 1.29 is 24.4 Å². The summed E-state index contributed by atoms with van der Waals surface area (Å²) in [7, 11) is 1.24. The summed E-state index contributed by atoms with van der Waals surface area (Å²) >= 11 is 0. The predicted octanol–water partition coefficient (Wildman–Crippen LogP) is 0.806. The normalized spacial score (nSPS) is 11.5. The fourth-order valence-corrected chi connectivity index (χ4v) is 1.31. The lowest BCUT2D eigenvalue weighted by molar-refractivity contribution is -0.385. The lowest BCUT2D eigenvalue weighted by atomic mass is 10.1. The van der Waals surface area contributed by atoms with Crippen molar-refractivity contribution >= 4 is 17.6 Å². The summed E-state index contributed by atoms with van der Waals surface area (Å²) < 4.78 is 4.81. The van der Waals surface area contributed by atoms with E-state index in [9.17, 15) is 19.7 Å². The third kappa shape index (κ3) is 3.41. The van der Waals surface area contributed by atoms with E-state index in [-0.39, 0.29) is 17.0 Å². The van der Waals surface area contributed by atoms with Gasteiger partial charge in [0.25, 0.3) is 5.91 Å². The van der Waals surface area contributed by atoms with E-state index in [0.29, 0.717) is 0 Å². The van der Waals surface area contributed by atoms with Crippen LogP contribution in [0.5, 0.6) is 5.75 Å². The van der Waals surface area contributed by atoms with Gasteiger partial charge in [-0.25, -0.2) is 0 Å². The van der Waals surface area contributed by atoms with Crippen molar-refractivity contribution in [2.24, 2.45) is 0 Å². The van der Waals surface area contributed by atoms with Gasteiger partial charge in [-0.15, -0.1) is 0 Å². The third-order valence-electron chi connectivity index (χ3n) is 2.36. The number of benzene rings is 1. The molecule has 8 nitrogen and oxygen atoms in total. The van der Waals surface area contributed by atoms with Crippen LogP contribution in [-0.4, -0.2) is 35.1 Å². The van der Waals surface area contributed by atoms with Gasteiger partial charge in [-0.1, -0.05) is 0 Å². The SMILES string of the molecule is COc1cc(C(=O)N[C@@H](C)C(=O)O)ccc1[N+](=O)[O-]. The number of nitro benzene ring substituents is 1. The van der Waals surface area contributed by atoms with E-state index in [1.165, 1.54) is 26.2 Å². The first-order chi connectivity index (χ1) is 8.86. The number of carbonyl (C=O) groups excluding carboxylic acids is 1. The highest BCUT2D eigenvalue weighted by Crippen LogP contribution is 2.27. The van der Waals surface area contributed by atoms with E-state index in [1.54, 1.807) is 0 Å². The maximum absolute atomic E-state index is 11.7. The molecule has 102 valence electrons. The van der Waals surface area contributed by atoms with Gasteiger partial charge < -0.3 is 15.2 Å². The van der Waals surface area contributed by atoms with Crippen molar-refractivity contribution in [3.8, 4) is 5.75 Å². The number of nitro groups is 1. The fraction of sp³-hybridized carbons (Fsp3) is 0.273. The Morgan fingerprint density at radius 2 is 2.11 bits per heavy atom. The van der Waals surface area contributed by atoms with E-state index >= 15 is 0 Å². The van der Waals surface area contributed by atoms with Crippen molar-refractivity contribution in [2.75, 3.05) is 7.11 Å². The maximum atomic E-state index is 11.7. The lowest BCUT2D eigenvalue weighted by Gasteiger charge is -2.10. The Kier molecular flexibility index (Phi) is 4.41. The number of aliphatic carboxylic acids is 1. The molecule has 0 aliphatic carbocycles. The predicted molar refractivity (Wildman–Crippen MR) is 64.2 cm³/mol. The van der Waals surface area contributed by atoms with Gasteiger partial charge in [0.1, 0.15) is 6.04 Å². The van der Waals surface area contributed by atoms with E-state index in [2.05, 4.69) is 5.32 Å². The molecule has 0 unspecified atom stereocenters. The van der Waals surface area contributed by atoms with Crippen LogP contribution in [0.15, 0.2) is 18.2 Å². The Morgan fingerprint density at radius 1 is 1.47 bits per heavy atom. The minimum absolute atomic E-state index is 0.0689. The van der Waals surface area contributed by atoms with Crippen molar-refractivity contribution in [2.45, 2.75) is 13.0 Å². The molecular weight excluding hydrogens is 256 g/mol. The van der Waals surface area contributed by atoms with Crippen LogP contribution in [0.2, 0.25) is 0 Å². The van der Waals surface area contributed by atoms with Crippen LogP contribution in [0.4, 0.5) is 5.69 Å². The van der Waals surface area contributed by atoms with Gasteiger partial charge in [0, 0.05) is 17.7 Å². The minimum atomic E-state index is -1.18. The molecule has 0 aliphatic rings. The van der Waals surface area contributed by atoms with Crippen LogP contribution in [0, 0.1) is 10.1 Å². The largest absolute Gasteiger partial charge is 0.490 e. The molecule has 1 amide bonds. The maximum Gasteiger partial charge on any atom is 0.325 e. The van der Waals surface area contributed by atoms with Gasteiger partial charge in [-0.05, 0) is 13.0 Å². The van der Waals surface area contributed by atoms with Crippen molar-refractivity contribution in [1.29, 1.82) is 0 Å². The summed E-state index contributed by atoms with van der Waals surface area (Å²) in [5.74, 6) is -1.90.